The Morgan fingerprint density at radius 1 is 0.914 bits per heavy atom. The third-order valence-corrected chi connectivity index (χ3v) is 6.20. The number of rotatable bonds is 9. The molecule has 35 heavy (non-hydrogen) atoms. The number of carbonyl (C=O) groups is 1. The highest BCUT2D eigenvalue weighted by molar-refractivity contribution is 14.1. The molecule has 0 bridgehead atoms. The van der Waals surface area contributed by atoms with Crippen LogP contribution in [0, 0.1) is 3.57 Å². The smallest absolute Gasteiger partial charge is 0.252 e. The summed E-state index contributed by atoms with van der Waals surface area (Å²) in [5, 5.41) is 4.23. The van der Waals surface area contributed by atoms with Crippen molar-refractivity contribution in [2.75, 3.05) is 7.11 Å². The van der Waals surface area contributed by atoms with E-state index in [9.17, 15) is 4.79 Å². The number of amides is 1. The van der Waals surface area contributed by atoms with Gasteiger partial charge in [0.25, 0.3) is 5.91 Å². The molecule has 0 aliphatic carbocycles. The van der Waals surface area contributed by atoms with Gasteiger partial charge in [-0.15, -0.1) is 0 Å². The molecule has 0 saturated carbocycles. The lowest BCUT2D eigenvalue weighted by Gasteiger charge is -2.16. The van der Waals surface area contributed by atoms with Gasteiger partial charge in [-0.05, 0) is 57.0 Å². The largest absolute Gasteiger partial charge is 0.493 e. The summed E-state index contributed by atoms with van der Waals surface area (Å²) in [7, 11) is 1.60. The molecular formula is C29H25IN2O3. The Morgan fingerprint density at radius 2 is 1.49 bits per heavy atom. The number of halogens is 1. The lowest BCUT2D eigenvalue weighted by atomic mass is 9.91. The van der Waals surface area contributed by atoms with Crippen LogP contribution in [0.5, 0.6) is 11.5 Å². The van der Waals surface area contributed by atoms with Gasteiger partial charge in [-0.25, -0.2) is 5.43 Å². The Labute approximate surface area is 218 Å². The van der Waals surface area contributed by atoms with Crippen LogP contribution in [0.15, 0.2) is 108 Å². The zero-order valence-electron chi connectivity index (χ0n) is 19.2. The average Bonchev–Trinajstić information content (AvgIpc) is 2.90. The van der Waals surface area contributed by atoms with Gasteiger partial charge < -0.3 is 9.47 Å². The van der Waals surface area contributed by atoms with E-state index in [-0.39, 0.29) is 5.91 Å². The molecule has 0 saturated heterocycles. The molecule has 0 heterocycles. The molecule has 1 amide bonds. The maximum atomic E-state index is 13.1. The molecule has 0 spiro atoms. The van der Waals surface area contributed by atoms with Gasteiger partial charge in [0, 0.05) is 0 Å². The fourth-order valence-corrected chi connectivity index (χ4v) is 4.49. The fourth-order valence-electron chi connectivity index (χ4n) is 3.71. The molecule has 0 atom stereocenters. The maximum Gasteiger partial charge on any atom is 0.252 e. The number of nitrogens with one attached hydrogen (secondary N) is 1. The minimum atomic E-state index is -0.460. The summed E-state index contributed by atoms with van der Waals surface area (Å²) in [6.45, 7) is 0.442. The predicted molar refractivity (Wildman–Crippen MR) is 147 cm³/mol. The molecule has 1 N–H and O–H groups in total. The van der Waals surface area contributed by atoms with Crippen LogP contribution in [0.1, 0.15) is 28.2 Å². The topological polar surface area (TPSA) is 59.9 Å². The molecule has 4 aromatic carbocycles. The molecule has 0 aliphatic heterocycles. The maximum absolute atomic E-state index is 13.1. The highest BCUT2D eigenvalue weighted by Crippen LogP contribution is 2.34. The quantitative estimate of drug-likeness (QED) is 0.148. The van der Waals surface area contributed by atoms with Crippen LogP contribution < -0.4 is 14.9 Å². The van der Waals surface area contributed by atoms with E-state index < -0.39 is 5.92 Å². The Bertz CT molecular complexity index is 1240. The summed E-state index contributed by atoms with van der Waals surface area (Å²) in [5.74, 6) is 0.611. The van der Waals surface area contributed by atoms with E-state index in [0.717, 1.165) is 25.8 Å². The standard InChI is InChI=1S/C29H25IN2O3/c1-34-26-18-22(17-25(30)28(26)35-20-21-11-5-2-6-12-21)19-31-32-29(33)27(23-13-7-3-8-14-23)24-15-9-4-10-16-24/h2-19,27H,20H2,1H3,(H,32,33)/b31-19+. The van der Waals surface area contributed by atoms with Gasteiger partial charge in [0.1, 0.15) is 6.61 Å². The Morgan fingerprint density at radius 3 is 2.06 bits per heavy atom. The van der Waals surface area contributed by atoms with Crippen molar-refractivity contribution in [3.05, 3.63) is 129 Å². The second kappa shape index (κ2) is 12.2. The zero-order chi connectivity index (χ0) is 24.5. The average molecular weight is 576 g/mol. The van der Waals surface area contributed by atoms with Crippen molar-refractivity contribution in [1.82, 2.24) is 5.43 Å². The Balaban J connectivity index is 1.49. The molecule has 0 radical (unpaired) electrons. The summed E-state index contributed by atoms with van der Waals surface area (Å²) in [6.07, 6.45) is 1.61. The first-order chi connectivity index (χ1) is 17.2. The van der Waals surface area contributed by atoms with Crippen LogP contribution in [0.25, 0.3) is 0 Å². The monoisotopic (exact) mass is 576 g/mol. The number of ether oxygens (including phenoxy) is 2. The Hall–Kier alpha value is -3.65. The van der Waals surface area contributed by atoms with Crippen molar-refractivity contribution in [3.63, 3.8) is 0 Å². The van der Waals surface area contributed by atoms with Crippen LogP contribution in [0.2, 0.25) is 0 Å². The molecule has 0 unspecified atom stereocenters. The number of nitrogens with zero attached hydrogens (tertiary/aromatic N) is 1. The van der Waals surface area contributed by atoms with Crippen LogP contribution in [0.4, 0.5) is 0 Å². The van der Waals surface area contributed by atoms with Crippen molar-refractivity contribution in [2.45, 2.75) is 12.5 Å². The van der Waals surface area contributed by atoms with E-state index in [0.29, 0.717) is 18.1 Å². The predicted octanol–water partition coefficient (Wildman–Crippen LogP) is 6.16. The zero-order valence-corrected chi connectivity index (χ0v) is 21.4. The summed E-state index contributed by atoms with van der Waals surface area (Å²) < 4.78 is 12.5. The van der Waals surface area contributed by atoms with Gasteiger partial charge in [0.2, 0.25) is 0 Å². The fraction of sp³-hybridized carbons (Fsp3) is 0.103. The van der Waals surface area contributed by atoms with Crippen molar-refractivity contribution >= 4 is 34.7 Å². The molecule has 4 aromatic rings. The van der Waals surface area contributed by atoms with Gasteiger partial charge in [0.15, 0.2) is 11.5 Å². The lowest BCUT2D eigenvalue weighted by molar-refractivity contribution is -0.121. The molecule has 0 fully saturated rings. The minimum absolute atomic E-state index is 0.205. The van der Waals surface area contributed by atoms with Gasteiger partial charge in [-0.3, -0.25) is 4.79 Å². The number of benzene rings is 4. The van der Waals surface area contributed by atoms with Crippen LogP contribution in [-0.2, 0) is 11.4 Å². The van der Waals surface area contributed by atoms with E-state index >= 15 is 0 Å². The first kappa shape index (κ1) is 24.5. The van der Waals surface area contributed by atoms with Crippen LogP contribution in [-0.4, -0.2) is 19.2 Å². The number of hydrogen-bond donors (Lipinski definition) is 1. The summed E-state index contributed by atoms with van der Waals surface area (Å²) in [4.78, 5) is 13.1. The summed E-state index contributed by atoms with van der Waals surface area (Å²) in [6, 6.07) is 33.1. The van der Waals surface area contributed by atoms with Crippen molar-refractivity contribution in [3.8, 4) is 11.5 Å². The van der Waals surface area contributed by atoms with Gasteiger partial charge >= 0.3 is 0 Å². The molecular weight excluding hydrogens is 551 g/mol. The lowest BCUT2D eigenvalue weighted by Crippen LogP contribution is -2.26. The number of hydrogen-bond acceptors (Lipinski definition) is 4. The normalized spacial score (nSPS) is 10.9. The SMILES string of the molecule is COc1cc(/C=N/NC(=O)C(c2ccccc2)c2ccccc2)cc(I)c1OCc1ccccc1. The van der Waals surface area contributed by atoms with E-state index in [2.05, 4.69) is 33.1 Å². The van der Waals surface area contributed by atoms with Gasteiger partial charge in [-0.1, -0.05) is 91.0 Å². The molecule has 0 aromatic heterocycles. The van der Waals surface area contributed by atoms with Crippen molar-refractivity contribution < 1.29 is 14.3 Å². The third kappa shape index (κ3) is 6.48. The second-order valence-electron chi connectivity index (χ2n) is 7.80. The summed E-state index contributed by atoms with van der Waals surface area (Å²) in [5.41, 5.74) is 6.37. The number of hydrazone groups is 1. The highest BCUT2D eigenvalue weighted by Gasteiger charge is 2.22. The molecule has 0 aliphatic rings. The van der Waals surface area contributed by atoms with Crippen LogP contribution >= 0.6 is 22.6 Å². The second-order valence-corrected chi connectivity index (χ2v) is 8.96. The molecule has 6 heteroatoms. The third-order valence-electron chi connectivity index (χ3n) is 5.39. The number of methoxy groups -OCH3 is 1. The van der Waals surface area contributed by atoms with E-state index in [1.54, 1.807) is 13.3 Å². The first-order valence-corrected chi connectivity index (χ1v) is 12.2. The molecule has 4 rings (SSSR count). The van der Waals surface area contributed by atoms with E-state index in [1.165, 1.54) is 0 Å². The number of carbonyl (C=O) groups excluding carboxylic acids is 1. The first-order valence-electron chi connectivity index (χ1n) is 11.1. The minimum Gasteiger partial charge on any atom is -0.493 e. The molecule has 5 nitrogen and oxygen atoms in total. The van der Waals surface area contributed by atoms with E-state index in [4.69, 9.17) is 9.47 Å². The van der Waals surface area contributed by atoms with Crippen molar-refractivity contribution in [2.24, 2.45) is 5.10 Å². The van der Waals surface area contributed by atoms with Crippen LogP contribution in [0.3, 0.4) is 0 Å². The Kier molecular flexibility index (Phi) is 8.51. The van der Waals surface area contributed by atoms with Gasteiger partial charge in [0.05, 0.1) is 22.8 Å². The highest BCUT2D eigenvalue weighted by atomic mass is 127. The summed E-state index contributed by atoms with van der Waals surface area (Å²) >= 11 is 2.21. The van der Waals surface area contributed by atoms with Gasteiger partial charge in [-0.2, -0.15) is 5.10 Å². The van der Waals surface area contributed by atoms with E-state index in [1.807, 2.05) is 103 Å². The molecule has 176 valence electrons. The van der Waals surface area contributed by atoms with Crippen molar-refractivity contribution in [1.29, 1.82) is 0 Å².